The highest BCUT2D eigenvalue weighted by atomic mass is 19.4. The number of anilines is 1. The molecule has 32 heavy (non-hydrogen) atoms. The number of benzene rings is 1. The van der Waals surface area contributed by atoms with Gasteiger partial charge in [-0.2, -0.15) is 23.4 Å². The smallest absolute Gasteiger partial charge is 0.442 e. The fraction of sp³-hybridized carbons (Fsp3) is 0.316. The number of nitro groups is 1. The lowest BCUT2D eigenvalue weighted by Gasteiger charge is -2.07. The van der Waals surface area contributed by atoms with Crippen molar-refractivity contribution in [3.8, 4) is 5.75 Å². The summed E-state index contributed by atoms with van der Waals surface area (Å²) < 4.78 is 46.7. The van der Waals surface area contributed by atoms with E-state index >= 15 is 0 Å². The van der Waals surface area contributed by atoms with Crippen molar-refractivity contribution in [2.24, 2.45) is 0 Å². The van der Waals surface area contributed by atoms with Crippen LogP contribution in [0.15, 0.2) is 36.7 Å². The molecule has 0 aliphatic carbocycles. The number of hydrogen-bond acceptors (Lipinski definition) is 6. The van der Waals surface area contributed by atoms with Gasteiger partial charge >= 0.3 is 11.9 Å². The monoisotopic (exact) mass is 452 g/mol. The molecule has 0 aliphatic rings. The lowest BCUT2D eigenvalue weighted by atomic mass is 10.2. The van der Waals surface area contributed by atoms with Gasteiger partial charge in [0.25, 0.3) is 0 Å². The van der Waals surface area contributed by atoms with E-state index in [1.54, 1.807) is 0 Å². The zero-order valence-corrected chi connectivity index (χ0v) is 17.1. The maximum Gasteiger partial charge on any atom is 0.442 e. The van der Waals surface area contributed by atoms with Crippen LogP contribution in [0.3, 0.4) is 0 Å². The van der Waals surface area contributed by atoms with Crippen LogP contribution in [0, 0.1) is 17.0 Å². The number of ether oxygens (including phenoxy) is 1. The predicted molar refractivity (Wildman–Crippen MR) is 106 cm³/mol. The van der Waals surface area contributed by atoms with E-state index in [4.69, 9.17) is 4.74 Å². The Morgan fingerprint density at radius 1 is 1.28 bits per heavy atom. The summed E-state index contributed by atoms with van der Waals surface area (Å²) in [6, 6.07) is 7.53. The van der Waals surface area contributed by atoms with Gasteiger partial charge in [0.15, 0.2) is 6.73 Å². The molecular formula is C19H19F3N6O4. The maximum atomic E-state index is 13.0. The summed E-state index contributed by atoms with van der Waals surface area (Å²) in [5, 5.41) is 20.7. The molecule has 0 fully saturated rings. The first-order chi connectivity index (χ1) is 15.1. The van der Waals surface area contributed by atoms with E-state index in [1.165, 1.54) is 22.6 Å². The zero-order chi connectivity index (χ0) is 23.5. The molecule has 1 N–H and O–H groups in total. The minimum atomic E-state index is -5.02. The number of alkyl halides is 3. The number of nitrogens with one attached hydrogen (secondary N) is 1. The Morgan fingerprint density at radius 3 is 2.53 bits per heavy atom. The molecular weight excluding hydrogens is 433 g/mol. The molecule has 0 spiro atoms. The van der Waals surface area contributed by atoms with Crippen molar-refractivity contribution in [2.45, 2.75) is 39.7 Å². The number of amides is 1. The first-order valence-corrected chi connectivity index (χ1v) is 9.41. The molecule has 0 radical (unpaired) electrons. The van der Waals surface area contributed by atoms with E-state index in [0.29, 0.717) is 10.4 Å². The summed E-state index contributed by atoms with van der Waals surface area (Å²) in [6.45, 7) is 2.56. The minimum absolute atomic E-state index is 0.0702. The van der Waals surface area contributed by atoms with E-state index in [2.05, 4.69) is 15.5 Å². The first kappa shape index (κ1) is 22.8. The van der Waals surface area contributed by atoms with Gasteiger partial charge in [0.1, 0.15) is 18.0 Å². The molecule has 13 heteroatoms. The molecule has 10 nitrogen and oxygen atoms in total. The van der Waals surface area contributed by atoms with Gasteiger partial charge in [-0.1, -0.05) is 19.1 Å². The third-order valence-corrected chi connectivity index (χ3v) is 4.53. The molecule has 0 bridgehead atoms. The Labute approximate surface area is 179 Å². The van der Waals surface area contributed by atoms with E-state index in [-0.39, 0.29) is 18.1 Å². The number of carbonyl (C=O) groups is 1. The first-order valence-electron chi connectivity index (χ1n) is 9.41. The predicted octanol–water partition coefficient (Wildman–Crippen LogP) is 3.55. The lowest BCUT2D eigenvalue weighted by Crippen LogP contribution is -2.20. The molecule has 3 rings (SSSR count). The quantitative estimate of drug-likeness (QED) is 0.413. The fourth-order valence-electron chi connectivity index (χ4n) is 2.90. The number of aromatic nitrogens is 4. The molecule has 0 saturated carbocycles. The molecule has 2 aromatic heterocycles. The second kappa shape index (κ2) is 9.08. The van der Waals surface area contributed by atoms with Crippen LogP contribution in [0.4, 0.5) is 24.5 Å². The highest BCUT2D eigenvalue weighted by molar-refractivity contribution is 5.90. The van der Waals surface area contributed by atoms with Gasteiger partial charge in [0.05, 0.1) is 23.0 Å². The highest BCUT2D eigenvalue weighted by Gasteiger charge is 2.44. The summed E-state index contributed by atoms with van der Waals surface area (Å²) in [6.07, 6.45) is -1.31. The van der Waals surface area contributed by atoms with Crippen LogP contribution in [-0.4, -0.2) is 30.4 Å². The molecule has 1 aromatic carbocycles. The van der Waals surface area contributed by atoms with Crippen LogP contribution >= 0.6 is 0 Å². The summed E-state index contributed by atoms with van der Waals surface area (Å²) in [5.41, 5.74) is -1.76. The average molecular weight is 452 g/mol. The number of halogens is 3. The van der Waals surface area contributed by atoms with Crippen LogP contribution in [0.25, 0.3) is 0 Å². The topological polar surface area (TPSA) is 117 Å². The van der Waals surface area contributed by atoms with Crippen LogP contribution in [-0.2, 0) is 30.7 Å². The van der Waals surface area contributed by atoms with Crippen molar-refractivity contribution in [2.75, 3.05) is 5.32 Å². The van der Waals surface area contributed by atoms with Crippen molar-refractivity contribution in [1.82, 2.24) is 19.6 Å². The standard InChI is InChI=1S/C19H19F3N6O4/c1-3-13-4-6-15(7-5-13)32-11-26-9-14(8-23-26)24-16(29)10-27-12(2)17(28(30)31)18(25-27)19(20,21)22/h4-9H,3,10-11H2,1-2H3,(H,24,29). The Morgan fingerprint density at radius 2 is 1.97 bits per heavy atom. The summed E-state index contributed by atoms with van der Waals surface area (Å²) >= 11 is 0. The van der Waals surface area contributed by atoms with Crippen molar-refractivity contribution >= 4 is 17.3 Å². The Bertz CT molecular complexity index is 1120. The SMILES string of the molecule is CCc1ccc(OCn2cc(NC(=O)Cn3nc(C(F)(F)F)c([N+](=O)[O-])c3C)cn2)cc1. The Hall–Kier alpha value is -3.90. The third kappa shape index (κ3) is 5.22. The van der Waals surface area contributed by atoms with Gasteiger partial charge < -0.3 is 10.1 Å². The van der Waals surface area contributed by atoms with Gasteiger partial charge in [-0.25, -0.2) is 4.68 Å². The van der Waals surface area contributed by atoms with Crippen LogP contribution < -0.4 is 10.1 Å². The fourth-order valence-corrected chi connectivity index (χ4v) is 2.90. The van der Waals surface area contributed by atoms with Crippen molar-refractivity contribution in [3.63, 3.8) is 0 Å². The highest BCUT2D eigenvalue weighted by Crippen LogP contribution is 2.36. The van der Waals surface area contributed by atoms with Crippen molar-refractivity contribution in [1.29, 1.82) is 0 Å². The average Bonchev–Trinajstić information content (AvgIpc) is 3.31. The largest absolute Gasteiger partial charge is 0.471 e. The molecule has 2 heterocycles. The van der Waals surface area contributed by atoms with Gasteiger partial charge in [-0.15, -0.1) is 0 Å². The summed E-state index contributed by atoms with van der Waals surface area (Å²) in [7, 11) is 0. The molecule has 0 atom stereocenters. The van der Waals surface area contributed by atoms with E-state index in [9.17, 15) is 28.1 Å². The van der Waals surface area contributed by atoms with Crippen LogP contribution in [0.5, 0.6) is 5.75 Å². The number of hydrogen-bond donors (Lipinski definition) is 1. The van der Waals surface area contributed by atoms with Crippen LogP contribution in [0.2, 0.25) is 0 Å². The number of aryl methyl sites for hydroxylation is 1. The Balaban J connectivity index is 1.62. The Kier molecular flexibility index (Phi) is 6.46. The van der Waals surface area contributed by atoms with Crippen molar-refractivity contribution < 1.29 is 27.6 Å². The normalized spacial score (nSPS) is 11.4. The molecule has 170 valence electrons. The minimum Gasteiger partial charge on any atom is -0.471 e. The van der Waals surface area contributed by atoms with Gasteiger partial charge in [0, 0.05) is 0 Å². The van der Waals surface area contributed by atoms with Gasteiger partial charge in [0.2, 0.25) is 11.6 Å². The lowest BCUT2D eigenvalue weighted by molar-refractivity contribution is -0.388. The van der Waals surface area contributed by atoms with Gasteiger partial charge in [-0.3, -0.25) is 19.6 Å². The van der Waals surface area contributed by atoms with E-state index in [1.807, 2.05) is 31.2 Å². The van der Waals surface area contributed by atoms with Crippen LogP contribution in [0.1, 0.15) is 23.9 Å². The van der Waals surface area contributed by atoms with Crippen molar-refractivity contribution in [3.05, 3.63) is 63.7 Å². The van der Waals surface area contributed by atoms with E-state index in [0.717, 1.165) is 13.3 Å². The zero-order valence-electron chi connectivity index (χ0n) is 17.1. The molecule has 0 saturated heterocycles. The second-order valence-corrected chi connectivity index (χ2v) is 6.78. The number of rotatable bonds is 8. The molecule has 3 aromatic rings. The number of carbonyl (C=O) groups excluding carboxylic acids is 1. The molecule has 0 aliphatic heterocycles. The molecule has 0 unspecified atom stereocenters. The second-order valence-electron chi connectivity index (χ2n) is 6.78. The maximum absolute atomic E-state index is 13.0. The van der Waals surface area contributed by atoms with E-state index < -0.39 is 34.9 Å². The molecule has 1 amide bonds. The number of nitrogens with zero attached hydrogens (tertiary/aromatic N) is 5. The third-order valence-electron chi connectivity index (χ3n) is 4.53. The van der Waals surface area contributed by atoms with Gasteiger partial charge in [-0.05, 0) is 31.0 Å². The summed E-state index contributed by atoms with van der Waals surface area (Å²) in [4.78, 5) is 22.1. The summed E-state index contributed by atoms with van der Waals surface area (Å²) in [5.74, 6) is -0.0886.